The van der Waals surface area contributed by atoms with Gasteiger partial charge in [-0.25, -0.2) is 4.98 Å². The second-order valence-corrected chi connectivity index (χ2v) is 5.18. The van der Waals surface area contributed by atoms with Crippen molar-refractivity contribution in [3.63, 3.8) is 0 Å². The normalized spacial score (nSPS) is 13.6. The van der Waals surface area contributed by atoms with Crippen LogP contribution in [0.2, 0.25) is 0 Å². The van der Waals surface area contributed by atoms with Gasteiger partial charge in [-0.2, -0.15) is 0 Å². The van der Waals surface area contributed by atoms with Gasteiger partial charge in [0.25, 0.3) is 5.91 Å². The third-order valence-electron chi connectivity index (χ3n) is 3.13. The van der Waals surface area contributed by atoms with Crippen LogP contribution in [-0.2, 0) is 0 Å². The van der Waals surface area contributed by atoms with Crippen molar-refractivity contribution in [2.24, 2.45) is 0 Å². The highest BCUT2D eigenvalue weighted by Crippen LogP contribution is 2.35. The summed E-state index contributed by atoms with van der Waals surface area (Å²) < 4.78 is 8.09. The average Bonchev–Trinajstić information content (AvgIpc) is 2.56. The molecule has 1 aromatic heterocycles. The number of halogens is 1. The van der Waals surface area contributed by atoms with Crippen molar-refractivity contribution in [3.05, 3.63) is 34.1 Å². The highest BCUT2D eigenvalue weighted by molar-refractivity contribution is 9.10. The maximum Gasteiger partial charge on any atom is 0.270 e. The summed E-state index contributed by atoms with van der Waals surface area (Å²) in [5.41, 5.74) is 2.57. The van der Waals surface area contributed by atoms with E-state index >= 15 is 0 Å². The Morgan fingerprint density at radius 1 is 1.39 bits per heavy atom. The van der Waals surface area contributed by atoms with Crippen molar-refractivity contribution in [2.75, 3.05) is 6.61 Å². The molecule has 5 heteroatoms. The van der Waals surface area contributed by atoms with Crippen LogP contribution in [0.3, 0.4) is 0 Å². The van der Waals surface area contributed by atoms with E-state index in [1.165, 1.54) is 0 Å². The molecule has 1 aliphatic heterocycles. The lowest BCUT2D eigenvalue weighted by Gasteiger charge is -2.05. The van der Waals surface area contributed by atoms with Crippen LogP contribution in [0.25, 0.3) is 11.4 Å². The summed E-state index contributed by atoms with van der Waals surface area (Å²) in [5, 5.41) is 0. The van der Waals surface area contributed by atoms with Gasteiger partial charge in [0.05, 0.1) is 11.3 Å². The molecule has 0 aliphatic carbocycles. The van der Waals surface area contributed by atoms with Gasteiger partial charge in [-0.1, -0.05) is 15.9 Å². The Morgan fingerprint density at radius 2 is 2.17 bits per heavy atom. The minimum absolute atomic E-state index is 0.0400. The van der Waals surface area contributed by atoms with Crippen molar-refractivity contribution in [2.45, 2.75) is 13.8 Å². The molecule has 1 aromatic carbocycles. The van der Waals surface area contributed by atoms with Gasteiger partial charge in [-0.15, -0.1) is 0 Å². The fourth-order valence-electron chi connectivity index (χ4n) is 2.10. The topological polar surface area (TPSA) is 44.1 Å². The van der Waals surface area contributed by atoms with Gasteiger partial charge in [0.1, 0.15) is 5.75 Å². The van der Waals surface area contributed by atoms with Crippen LogP contribution in [-0.4, -0.2) is 22.1 Å². The van der Waals surface area contributed by atoms with E-state index in [4.69, 9.17) is 4.74 Å². The third kappa shape index (κ3) is 1.58. The van der Waals surface area contributed by atoms with Gasteiger partial charge in [-0.05, 0) is 32.0 Å². The molecular weight excluding hydrogens is 296 g/mol. The molecule has 2 aromatic rings. The maximum atomic E-state index is 12.1. The Bertz CT molecular complexity index is 661. The molecule has 3 rings (SSSR count). The molecule has 1 aliphatic rings. The Labute approximate surface area is 113 Å². The number of imidazole rings is 1. The van der Waals surface area contributed by atoms with Crippen LogP contribution in [0.15, 0.2) is 22.7 Å². The van der Waals surface area contributed by atoms with Crippen LogP contribution in [0, 0.1) is 13.8 Å². The highest BCUT2D eigenvalue weighted by Gasteiger charge is 2.25. The van der Waals surface area contributed by atoms with E-state index in [-0.39, 0.29) is 12.5 Å². The quantitative estimate of drug-likeness (QED) is 0.751. The zero-order valence-electron chi connectivity index (χ0n) is 10.0. The number of aromatic nitrogens is 2. The first-order chi connectivity index (χ1) is 8.58. The number of aryl methyl sites for hydroxylation is 1. The molecule has 4 nitrogen and oxygen atoms in total. The number of fused-ring (bicyclic) bond motifs is 3. The molecule has 0 amide bonds. The van der Waals surface area contributed by atoms with Crippen LogP contribution in [0.1, 0.15) is 16.2 Å². The highest BCUT2D eigenvalue weighted by atomic mass is 79.9. The zero-order valence-corrected chi connectivity index (χ0v) is 11.6. The Morgan fingerprint density at radius 3 is 2.94 bits per heavy atom. The van der Waals surface area contributed by atoms with E-state index in [2.05, 4.69) is 20.9 Å². The molecule has 2 heterocycles. The molecular formula is C13H11BrN2O2. The Balaban J connectivity index is 2.35. The second kappa shape index (κ2) is 3.95. The van der Waals surface area contributed by atoms with Gasteiger partial charge in [0.15, 0.2) is 12.4 Å². The van der Waals surface area contributed by atoms with E-state index in [0.29, 0.717) is 11.6 Å². The molecule has 0 saturated carbocycles. The van der Waals surface area contributed by atoms with Crippen molar-refractivity contribution in [1.82, 2.24) is 9.55 Å². The first kappa shape index (κ1) is 11.5. The van der Waals surface area contributed by atoms with E-state index in [0.717, 1.165) is 21.4 Å². The van der Waals surface area contributed by atoms with E-state index < -0.39 is 0 Å². The Hall–Kier alpha value is -1.62. The smallest absolute Gasteiger partial charge is 0.270 e. The number of carbonyl (C=O) groups is 1. The summed E-state index contributed by atoms with van der Waals surface area (Å²) in [4.78, 5) is 16.6. The van der Waals surface area contributed by atoms with Crippen molar-refractivity contribution in [3.8, 4) is 17.1 Å². The summed E-state index contributed by atoms with van der Waals surface area (Å²) >= 11 is 3.43. The minimum Gasteiger partial charge on any atom is -0.483 e. The molecule has 0 unspecified atom stereocenters. The largest absolute Gasteiger partial charge is 0.483 e. The first-order valence-corrected chi connectivity index (χ1v) is 6.39. The predicted molar refractivity (Wildman–Crippen MR) is 71.0 cm³/mol. The monoisotopic (exact) mass is 306 g/mol. The predicted octanol–water partition coefficient (Wildman–Crippen LogP) is 2.96. The number of rotatable bonds is 0. The van der Waals surface area contributed by atoms with E-state index in [1.54, 1.807) is 4.57 Å². The van der Waals surface area contributed by atoms with Crippen LogP contribution in [0.5, 0.6) is 5.75 Å². The van der Waals surface area contributed by atoms with Crippen LogP contribution < -0.4 is 4.74 Å². The van der Waals surface area contributed by atoms with Gasteiger partial charge in [0, 0.05) is 10.2 Å². The molecule has 0 bridgehead atoms. The number of ether oxygens (including phenoxy) is 1. The summed E-state index contributed by atoms with van der Waals surface area (Å²) in [7, 11) is 0. The maximum absolute atomic E-state index is 12.1. The van der Waals surface area contributed by atoms with Crippen molar-refractivity contribution < 1.29 is 9.53 Å². The Kier molecular flexibility index (Phi) is 2.52. The summed E-state index contributed by atoms with van der Waals surface area (Å²) in [6, 6.07) is 5.66. The number of hydrogen-bond donors (Lipinski definition) is 0. The molecule has 0 radical (unpaired) electrons. The van der Waals surface area contributed by atoms with Crippen LogP contribution >= 0.6 is 15.9 Å². The summed E-state index contributed by atoms with van der Waals surface area (Å²) in [6.07, 6.45) is 0. The fourth-order valence-corrected chi connectivity index (χ4v) is 2.46. The first-order valence-electron chi connectivity index (χ1n) is 5.60. The van der Waals surface area contributed by atoms with Gasteiger partial charge < -0.3 is 4.74 Å². The molecule has 0 atom stereocenters. The summed E-state index contributed by atoms with van der Waals surface area (Å²) in [6.45, 7) is 3.84. The molecule has 0 spiro atoms. The second-order valence-electron chi connectivity index (χ2n) is 4.26. The number of benzene rings is 1. The lowest BCUT2D eigenvalue weighted by Crippen LogP contribution is -2.18. The summed E-state index contributed by atoms with van der Waals surface area (Å²) in [5.74, 6) is 1.26. The van der Waals surface area contributed by atoms with Gasteiger partial charge in [-0.3, -0.25) is 9.36 Å². The lowest BCUT2D eigenvalue weighted by atomic mass is 10.2. The van der Waals surface area contributed by atoms with E-state index in [9.17, 15) is 4.79 Å². The van der Waals surface area contributed by atoms with Crippen LogP contribution in [0.4, 0.5) is 0 Å². The van der Waals surface area contributed by atoms with Gasteiger partial charge in [0.2, 0.25) is 0 Å². The van der Waals surface area contributed by atoms with Crippen molar-refractivity contribution in [1.29, 1.82) is 0 Å². The standard InChI is InChI=1S/C13H11BrN2O2/c1-7-8(2)16-12(17)6-18-11-4-3-9(14)5-10(11)13(16)15-7/h3-5H,6H2,1-2H3. The number of carbonyl (C=O) groups excluding carboxylic acids is 1. The molecule has 0 N–H and O–H groups in total. The lowest BCUT2D eigenvalue weighted by molar-refractivity contribution is 0.0843. The SMILES string of the molecule is Cc1nc2n(c1C)C(=O)COc1ccc(Br)cc1-2. The van der Waals surface area contributed by atoms with Gasteiger partial charge >= 0.3 is 0 Å². The van der Waals surface area contributed by atoms with E-state index in [1.807, 2.05) is 32.0 Å². The molecule has 0 saturated heterocycles. The molecule has 92 valence electrons. The third-order valence-corrected chi connectivity index (χ3v) is 3.62. The minimum atomic E-state index is -0.0876. The van der Waals surface area contributed by atoms with Crippen molar-refractivity contribution >= 4 is 21.8 Å². The zero-order chi connectivity index (χ0) is 12.9. The fraction of sp³-hybridized carbons (Fsp3) is 0.231. The molecule has 18 heavy (non-hydrogen) atoms. The average molecular weight is 307 g/mol. The molecule has 0 fully saturated rings. The number of hydrogen-bond acceptors (Lipinski definition) is 3. The number of nitrogens with zero attached hydrogens (tertiary/aromatic N) is 2.